The van der Waals surface area contributed by atoms with E-state index in [4.69, 9.17) is 0 Å². The molecule has 0 radical (unpaired) electrons. The number of carbonyl (C=O) groups excluding carboxylic acids is 1. The second-order valence-electron chi connectivity index (χ2n) is 8.38. The predicted molar refractivity (Wildman–Crippen MR) is 111 cm³/mol. The molecule has 1 unspecified atom stereocenters. The van der Waals surface area contributed by atoms with E-state index in [0.29, 0.717) is 11.6 Å². The molecule has 7 nitrogen and oxygen atoms in total. The number of aryl methyl sites for hydroxylation is 2. The Kier molecular flexibility index (Phi) is 5.38. The first kappa shape index (κ1) is 19.3. The van der Waals surface area contributed by atoms with Crippen molar-refractivity contribution in [2.75, 3.05) is 40.3 Å². The Bertz CT molecular complexity index is 854. The van der Waals surface area contributed by atoms with Crippen LogP contribution in [0.5, 0.6) is 0 Å². The lowest BCUT2D eigenvalue weighted by Crippen LogP contribution is -2.45. The van der Waals surface area contributed by atoms with E-state index in [0.717, 1.165) is 42.8 Å². The fourth-order valence-corrected chi connectivity index (χ4v) is 4.68. The molecule has 2 aromatic rings. The zero-order valence-corrected chi connectivity index (χ0v) is 17.6. The van der Waals surface area contributed by atoms with Gasteiger partial charge >= 0.3 is 0 Å². The van der Waals surface area contributed by atoms with E-state index in [2.05, 4.69) is 26.9 Å². The van der Waals surface area contributed by atoms with Crippen LogP contribution in [0.4, 0.5) is 0 Å². The largest absolute Gasteiger partial charge is 0.337 e. The van der Waals surface area contributed by atoms with Crippen molar-refractivity contribution in [1.82, 2.24) is 29.5 Å². The van der Waals surface area contributed by atoms with Gasteiger partial charge in [-0.2, -0.15) is 5.10 Å². The third-order valence-corrected chi connectivity index (χ3v) is 6.60. The number of aromatic nitrogens is 3. The third-order valence-electron chi connectivity index (χ3n) is 6.60. The van der Waals surface area contributed by atoms with E-state index in [9.17, 15) is 4.79 Å². The van der Waals surface area contributed by atoms with Crippen LogP contribution in [0.2, 0.25) is 0 Å². The van der Waals surface area contributed by atoms with Crippen molar-refractivity contribution in [3.8, 4) is 0 Å². The summed E-state index contributed by atoms with van der Waals surface area (Å²) in [5, 5.41) is 5.30. The molecule has 0 aromatic carbocycles. The van der Waals surface area contributed by atoms with Crippen LogP contribution in [0, 0.1) is 6.92 Å². The van der Waals surface area contributed by atoms with Crippen LogP contribution in [-0.2, 0) is 6.54 Å². The van der Waals surface area contributed by atoms with Crippen LogP contribution in [0.1, 0.15) is 42.2 Å². The van der Waals surface area contributed by atoms with E-state index >= 15 is 0 Å². The molecule has 2 aliphatic rings. The van der Waals surface area contributed by atoms with Crippen LogP contribution in [0.25, 0.3) is 11.0 Å². The summed E-state index contributed by atoms with van der Waals surface area (Å²) in [5.41, 5.74) is 2.33. The SMILES string of the molecule is CCn1ncc2cc(C(=O)N(C)C3CCN(C4CCN(C)CC4)C3)c(C)nc21. The summed E-state index contributed by atoms with van der Waals surface area (Å²) >= 11 is 0. The minimum atomic E-state index is 0.0753. The maximum Gasteiger partial charge on any atom is 0.255 e. The van der Waals surface area contributed by atoms with Crippen LogP contribution in [-0.4, -0.2) is 87.7 Å². The molecule has 1 amide bonds. The molecule has 2 aromatic heterocycles. The number of rotatable bonds is 4. The third kappa shape index (κ3) is 3.53. The van der Waals surface area contributed by atoms with Crippen LogP contribution < -0.4 is 0 Å². The summed E-state index contributed by atoms with van der Waals surface area (Å²) in [6.07, 6.45) is 5.33. The number of nitrogens with zero attached hydrogens (tertiary/aromatic N) is 6. The molecule has 4 heterocycles. The normalized spacial score (nSPS) is 22.2. The Balaban J connectivity index is 1.46. The van der Waals surface area contributed by atoms with Crippen molar-refractivity contribution in [3.63, 3.8) is 0 Å². The van der Waals surface area contributed by atoms with Crippen LogP contribution in [0.3, 0.4) is 0 Å². The first-order valence-corrected chi connectivity index (χ1v) is 10.5. The minimum Gasteiger partial charge on any atom is -0.337 e. The van der Waals surface area contributed by atoms with Crippen molar-refractivity contribution in [2.24, 2.45) is 0 Å². The highest BCUT2D eigenvalue weighted by Crippen LogP contribution is 2.25. The number of likely N-dealkylation sites (N-methyl/N-ethyl adjacent to an activating group) is 1. The molecule has 0 saturated carbocycles. The van der Waals surface area contributed by atoms with Crippen LogP contribution in [0.15, 0.2) is 12.3 Å². The highest BCUT2D eigenvalue weighted by atomic mass is 16.2. The van der Waals surface area contributed by atoms with E-state index in [1.54, 1.807) is 6.20 Å². The van der Waals surface area contributed by atoms with Gasteiger partial charge in [0.05, 0.1) is 17.5 Å². The van der Waals surface area contributed by atoms with Gasteiger partial charge in [0.2, 0.25) is 0 Å². The molecular weight excluding hydrogens is 352 g/mol. The van der Waals surface area contributed by atoms with Gasteiger partial charge in [-0.15, -0.1) is 0 Å². The zero-order chi connectivity index (χ0) is 19.8. The Morgan fingerprint density at radius 3 is 2.71 bits per heavy atom. The van der Waals surface area contributed by atoms with Gasteiger partial charge in [-0.25, -0.2) is 9.67 Å². The number of likely N-dealkylation sites (tertiary alicyclic amines) is 2. The lowest BCUT2D eigenvalue weighted by atomic mass is 10.0. The molecule has 28 heavy (non-hydrogen) atoms. The zero-order valence-electron chi connectivity index (χ0n) is 17.6. The van der Waals surface area contributed by atoms with Crippen molar-refractivity contribution >= 4 is 16.9 Å². The van der Waals surface area contributed by atoms with Crippen LogP contribution >= 0.6 is 0 Å². The number of pyridine rings is 1. The number of hydrogen-bond donors (Lipinski definition) is 0. The average Bonchev–Trinajstić information content (AvgIpc) is 3.33. The maximum absolute atomic E-state index is 13.2. The monoisotopic (exact) mass is 384 g/mol. The number of hydrogen-bond acceptors (Lipinski definition) is 5. The fraction of sp³-hybridized carbons (Fsp3) is 0.667. The first-order chi connectivity index (χ1) is 13.5. The Morgan fingerprint density at radius 1 is 1.25 bits per heavy atom. The van der Waals surface area contributed by atoms with Gasteiger partial charge < -0.3 is 9.80 Å². The van der Waals surface area contributed by atoms with Gasteiger partial charge in [0.1, 0.15) is 0 Å². The topological polar surface area (TPSA) is 57.5 Å². The molecule has 152 valence electrons. The van der Waals surface area contributed by atoms with Gasteiger partial charge in [0.15, 0.2) is 5.65 Å². The molecule has 2 fully saturated rings. The Hall–Kier alpha value is -1.99. The number of piperidine rings is 1. The van der Waals surface area contributed by atoms with E-state index in [-0.39, 0.29) is 11.9 Å². The number of carbonyl (C=O) groups is 1. The summed E-state index contributed by atoms with van der Waals surface area (Å²) in [4.78, 5) is 24.8. The van der Waals surface area contributed by atoms with E-state index in [1.807, 2.05) is 36.5 Å². The summed E-state index contributed by atoms with van der Waals surface area (Å²) in [5.74, 6) is 0.0753. The quantitative estimate of drug-likeness (QED) is 0.807. The van der Waals surface area contributed by atoms with Gasteiger partial charge in [-0.1, -0.05) is 0 Å². The van der Waals surface area contributed by atoms with Crippen molar-refractivity contribution in [1.29, 1.82) is 0 Å². The highest BCUT2D eigenvalue weighted by Gasteiger charge is 2.34. The Labute approximate surface area is 167 Å². The molecule has 0 bridgehead atoms. The molecule has 2 saturated heterocycles. The highest BCUT2D eigenvalue weighted by molar-refractivity contribution is 5.98. The summed E-state index contributed by atoms with van der Waals surface area (Å²) in [6, 6.07) is 2.91. The molecule has 0 aliphatic carbocycles. The summed E-state index contributed by atoms with van der Waals surface area (Å²) in [6.45, 7) is 9.18. The smallest absolute Gasteiger partial charge is 0.255 e. The molecular formula is C21H32N6O. The lowest BCUT2D eigenvalue weighted by molar-refractivity contribution is 0.0720. The molecule has 2 aliphatic heterocycles. The number of amides is 1. The van der Waals surface area contributed by atoms with Gasteiger partial charge in [0, 0.05) is 44.2 Å². The first-order valence-electron chi connectivity index (χ1n) is 10.5. The second kappa shape index (κ2) is 7.79. The molecule has 1 atom stereocenters. The van der Waals surface area contributed by atoms with Crippen molar-refractivity contribution in [3.05, 3.63) is 23.5 Å². The molecule has 0 N–H and O–H groups in total. The van der Waals surface area contributed by atoms with Gasteiger partial charge in [-0.05, 0) is 59.3 Å². The molecule has 4 rings (SSSR count). The summed E-state index contributed by atoms with van der Waals surface area (Å²) < 4.78 is 1.87. The number of fused-ring (bicyclic) bond motifs is 1. The van der Waals surface area contributed by atoms with Gasteiger partial charge in [0.25, 0.3) is 5.91 Å². The maximum atomic E-state index is 13.2. The lowest BCUT2D eigenvalue weighted by Gasteiger charge is -2.35. The summed E-state index contributed by atoms with van der Waals surface area (Å²) in [7, 11) is 4.15. The molecule has 0 spiro atoms. The van der Waals surface area contributed by atoms with E-state index in [1.165, 1.54) is 25.9 Å². The van der Waals surface area contributed by atoms with Crippen molar-refractivity contribution in [2.45, 2.75) is 51.7 Å². The fourth-order valence-electron chi connectivity index (χ4n) is 4.68. The van der Waals surface area contributed by atoms with E-state index < -0.39 is 0 Å². The molecule has 7 heteroatoms. The standard InChI is InChI=1S/C21H32N6O/c1-5-27-20-16(13-22-27)12-19(15(2)23-20)21(28)25(4)18-8-11-26(14-18)17-6-9-24(3)10-7-17/h12-13,17-18H,5-11,14H2,1-4H3. The Morgan fingerprint density at radius 2 is 2.00 bits per heavy atom. The van der Waals surface area contributed by atoms with Crippen molar-refractivity contribution < 1.29 is 4.79 Å². The average molecular weight is 385 g/mol. The predicted octanol–water partition coefficient (Wildman–Crippen LogP) is 2.00. The second-order valence-corrected chi connectivity index (χ2v) is 8.38. The van der Waals surface area contributed by atoms with Gasteiger partial charge in [-0.3, -0.25) is 9.69 Å². The minimum absolute atomic E-state index is 0.0753.